The Labute approximate surface area is 247 Å². The number of alkyl halides is 1. The highest BCUT2D eigenvalue weighted by Crippen LogP contribution is 2.45. The Hall–Kier alpha value is -4.10. The van der Waals surface area contributed by atoms with Crippen molar-refractivity contribution in [1.29, 1.82) is 0 Å². The predicted molar refractivity (Wildman–Crippen MR) is 157 cm³/mol. The Kier molecular flexibility index (Phi) is 5.99. The van der Waals surface area contributed by atoms with Crippen LogP contribution in [0.1, 0.15) is 44.1 Å². The fourth-order valence-corrected chi connectivity index (χ4v) is 7.81. The number of aromatic nitrogens is 3. The van der Waals surface area contributed by atoms with Crippen molar-refractivity contribution >= 4 is 27.5 Å². The Balaban J connectivity index is 1.32. The van der Waals surface area contributed by atoms with Crippen LogP contribution in [-0.4, -0.2) is 70.5 Å². The number of likely N-dealkylation sites (N-methyl/N-ethyl adjacent to an activating group) is 1. The van der Waals surface area contributed by atoms with Crippen molar-refractivity contribution in [3.05, 3.63) is 47.5 Å². The minimum Gasteiger partial charge on any atom is -0.472 e. The fraction of sp³-hybridized carbons (Fsp3) is 0.424. The van der Waals surface area contributed by atoms with Crippen LogP contribution in [0.25, 0.3) is 32.9 Å². The van der Waals surface area contributed by atoms with E-state index in [1.165, 1.54) is 6.07 Å². The topological polar surface area (TPSA) is 63.6 Å². The van der Waals surface area contributed by atoms with Gasteiger partial charge in [0.15, 0.2) is 5.82 Å². The third kappa shape index (κ3) is 3.97. The number of terminal acetylenes is 1. The van der Waals surface area contributed by atoms with E-state index < -0.39 is 23.3 Å². The van der Waals surface area contributed by atoms with Crippen molar-refractivity contribution in [3.63, 3.8) is 0 Å². The summed E-state index contributed by atoms with van der Waals surface area (Å²) in [6.07, 6.45) is 9.52. The van der Waals surface area contributed by atoms with Gasteiger partial charge in [0.05, 0.1) is 17.1 Å². The number of hydrogen-bond donors (Lipinski definition) is 0. The molecule has 2 aromatic carbocycles. The van der Waals surface area contributed by atoms with E-state index in [1.807, 2.05) is 11.9 Å². The maximum Gasteiger partial charge on any atom is 0.319 e. The van der Waals surface area contributed by atoms with E-state index in [2.05, 4.69) is 15.8 Å². The number of ether oxygens (including phenoxy) is 2. The molecular formula is C33H30F3N5O2. The van der Waals surface area contributed by atoms with Crippen LogP contribution in [0.15, 0.2) is 30.3 Å². The molecule has 1 aliphatic carbocycles. The molecule has 0 radical (unpaired) electrons. The van der Waals surface area contributed by atoms with Crippen LogP contribution in [0.5, 0.6) is 11.9 Å². The lowest BCUT2D eigenvalue weighted by Crippen LogP contribution is -2.43. The predicted octanol–water partition coefficient (Wildman–Crippen LogP) is 5.81. The summed E-state index contributed by atoms with van der Waals surface area (Å²) in [7, 11) is 1.92. The van der Waals surface area contributed by atoms with Crippen LogP contribution >= 0.6 is 0 Å². The normalized spacial score (nSPS) is 26.3. The van der Waals surface area contributed by atoms with E-state index >= 15 is 4.39 Å². The molecule has 1 saturated carbocycles. The Morgan fingerprint density at radius 1 is 1.12 bits per heavy atom. The van der Waals surface area contributed by atoms with E-state index in [-0.39, 0.29) is 47.4 Å². The van der Waals surface area contributed by atoms with E-state index in [0.29, 0.717) is 40.5 Å². The molecule has 43 heavy (non-hydrogen) atoms. The number of benzene rings is 2. The summed E-state index contributed by atoms with van der Waals surface area (Å²) < 4.78 is 58.8. The first kappa shape index (κ1) is 26.5. The summed E-state index contributed by atoms with van der Waals surface area (Å²) in [4.78, 5) is 18.2. The Bertz CT molecular complexity index is 1840. The third-order valence-corrected chi connectivity index (χ3v) is 9.85. The average molecular weight is 586 g/mol. The average Bonchev–Trinajstić information content (AvgIpc) is 3.69. The Morgan fingerprint density at radius 2 is 2.00 bits per heavy atom. The molecule has 2 aromatic heterocycles. The van der Waals surface area contributed by atoms with Crippen LogP contribution in [0.2, 0.25) is 0 Å². The molecule has 3 aliphatic heterocycles. The molecule has 10 heteroatoms. The van der Waals surface area contributed by atoms with Crippen LogP contribution in [0.3, 0.4) is 0 Å². The van der Waals surface area contributed by atoms with Crippen molar-refractivity contribution in [1.82, 2.24) is 19.9 Å². The molecule has 4 aromatic rings. The van der Waals surface area contributed by atoms with Gasteiger partial charge in [-0.3, -0.25) is 4.90 Å². The van der Waals surface area contributed by atoms with Gasteiger partial charge in [0.2, 0.25) is 5.88 Å². The number of halogens is 3. The lowest BCUT2D eigenvalue weighted by atomic mass is 9.95. The molecule has 220 valence electrons. The zero-order valence-corrected chi connectivity index (χ0v) is 23.7. The first-order valence-corrected chi connectivity index (χ1v) is 14.9. The van der Waals surface area contributed by atoms with Crippen molar-refractivity contribution in [3.8, 4) is 35.5 Å². The minimum atomic E-state index is -0.902. The van der Waals surface area contributed by atoms with Crippen LogP contribution in [0, 0.1) is 24.0 Å². The molecule has 0 spiro atoms. The van der Waals surface area contributed by atoms with Gasteiger partial charge in [0, 0.05) is 31.0 Å². The highest BCUT2D eigenvalue weighted by molar-refractivity contribution is 6.03. The highest BCUT2D eigenvalue weighted by atomic mass is 19.1. The largest absolute Gasteiger partial charge is 0.472 e. The van der Waals surface area contributed by atoms with Crippen molar-refractivity contribution < 1.29 is 22.6 Å². The summed E-state index contributed by atoms with van der Waals surface area (Å²) in [5, 5.41) is 1.41. The van der Waals surface area contributed by atoms with Gasteiger partial charge in [0.25, 0.3) is 0 Å². The summed E-state index contributed by atoms with van der Waals surface area (Å²) in [5.41, 5.74) is -0.0805. The molecule has 5 heterocycles. The van der Waals surface area contributed by atoms with Gasteiger partial charge >= 0.3 is 6.01 Å². The molecule has 4 aliphatic rings. The maximum atomic E-state index is 16.8. The molecule has 4 atom stereocenters. The van der Waals surface area contributed by atoms with Gasteiger partial charge in [-0.05, 0) is 50.1 Å². The third-order valence-electron chi connectivity index (χ3n) is 9.85. The van der Waals surface area contributed by atoms with Gasteiger partial charge in [-0.1, -0.05) is 30.2 Å². The second-order valence-corrected chi connectivity index (χ2v) is 12.2. The molecule has 2 saturated heterocycles. The van der Waals surface area contributed by atoms with Gasteiger partial charge in [-0.15, -0.1) is 6.42 Å². The van der Waals surface area contributed by atoms with Gasteiger partial charge in [0.1, 0.15) is 47.1 Å². The van der Waals surface area contributed by atoms with Crippen molar-refractivity contribution in [2.24, 2.45) is 0 Å². The molecule has 0 amide bonds. The minimum absolute atomic E-state index is 0.00180. The lowest BCUT2D eigenvalue weighted by molar-refractivity contribution is 0.107. The first-order valence-electron chi connectivity index (χ1n) is 14.9. The molecule has 0 N–H and O–H groups in total. The molecule has 0 bridgehead atoms. The number of nitrogens with zero attached hydrogens (tertiary/aromatic N) is 5. The number of fused-ring (bicyclic) bond motifs is 3. The summed E-state index contributed by atoms with van der Waals surface area (Å²) >= 11 is 0. The van der Waals surface area contributed by atoms with Crippen LogP contribution in [0.4, 0.5) is 19.0 Å². The first-order chi connectivity index (χ1) is 20.9. The molecular weight excluding hydrogens is 555 g/mol. The van der Waals surface area contributed by atoms with Gasteiger partial charge < -0.3 is 14.4 Å². The van der Waals surface area contributed by atoms with Crippen LogP contribution < -0.4 is 14.4 Å². The van der Waals surface area contributed by atoms with Crippen LogP contribution in [-0.2, 0) is 0 Å². The molecule has 7 nitrogen and oxygen atoms in total. The molecule has 8 rings (SSSR count). The van der Waals surface area contributed by atoms with Gasteiger partial charge in [-0.2, -0.15) is 9.97 Å². The zero-order chi connectivity index (χ0) is 29.5. The second kappa shape index (κ2) is 9.71. The number of hydrogen-bond acceptors (Lipinski definition) is 7. The maximum absolute atomic E-state index is 16.8. The SMILES string of the molecule is C#Cc1c(F)ccc2cccc(-c3nc4c5c(nc(OC[C@@]67CCCN6C[C@H](F)C7)nc5c3F)N(C)[C@H]3CCC[C@H]3O4)c12. The number of anilines is 1. The summed E-state index contributed by atoms with van der Waals surface area (Å²) in [6, 6.07) is 8.18. The smallest absolute Gasteiger partial charge is 0.319 e. The zero-order valence-electron chi connectivity index (χ0n) is 23.7. The monoisotopic (exact) mass is 585 g/mol. The quantitative estimate of drug-likeness (QED) is 0.280. The summed E-state index contributed by atoms with van der Waals surface area (Å²) in [5.74, 6) is 1.86. The molecule has 3 fully saturated rings. The van der Waals surface area contributed by atoms with Crippen molar-refractivity contribution in [2.75, 3.05) is 31.6 Å². The van der Waals surface area contributed by atoms with E-state index in [1.54, 1.807) is 24.3 Å². The van der Waals surface area contributed by atoms with Crippen molar-refractivity contribution in [2.45, 2.75) is 62.4 Å². The summed E-state index contributed by atoms with van der Waals surface area (Å²) in [6.45, 7) is 1.44. The molecule has 0 unspecified atom stereocenters. The van der Waals surface area contributed by atoms with E-state index in [9.17, 15) is 8.78 Å². The lowest BCUT2D eigenvalue weighted by Gasteiger charge is -2.31. The highest BCUT2D eigenvalue weighted by Gasteiger charge is 2.49. The van der Waals surface area contributed by atoms with E-state index in [0.717, 1.165) is 38.6 Å². The Morgan fingerprint density at radius 3 is 2.86 bits per heavy atom. The second-order valence-electron chi connectivity index (χ2n) is 12.2. The number of rotatable bonds is 4. The fourth-order valence-electron chi connectivity index (χ4n) is 7.81. The standard InChI is InChI=1S/C33H30F3N5O2/c1-3-20-22(35)12-11-18-7-4-8-21(25(18)20)28-27(36)29-26-30(40(2)23-9-5-10-24(23)43-31(26)37-28)39-32(38-29)42-17-33-13-6-14-41(33)16-19(34)15-33/h1,4,7-8,11-12,19,23-24H,5-6,9-10,13-17H2,2H3/t19-,23+,24-,33+/m1/s1. The van der Waals surface area contributed by atoms with E-state index in [4.69, 9.17) is 25.9 Å². The van der Waals surface area contributed by atoms with Gasteiger partial charge in [-0.25, -0.2) is 18.2 Å². The number of pyridine rings is 1.